The van der Waals surface area contributed by atoms with Crippen molar-refractivity contribution in [2.24, 2.45) is 11.8 Å². The number of ether oxygens (including phenoxy) is 3. The minimum absolute atomic E-state index is 0.124. The van der Waals surface area contributed by atoms with Gasteiger partial charge in [-0.05, 0) is 111 Å². The summed E-state index contributed by atoms with van der Waals surface area (Å²) in [4.78, 5) is 2.47. The summed E-state index contributed by atoms with van der Waals surface area (Å²) in [6.07, 6.45) is 10.4. The van der Waals surface area contributed by atoms with E-state index in [0.29, 0.717) is 23.8 Å². The van der Waals surface area contributed by atoms with Crippen LogP contribution in [0.3, 0.4) is 0 Å². The van der Waals surface area contributed by atoms with Gasteiger partial charge in [0.2, 0.25) is 5.95 Å². The molecule has 0 spiro atoms. The van der Waals surface area contributed by atoms with Gasteiger partial charge >= 0.3 is 0 Å². The number of aromatic nitrogens is 2. The fourth-order valence-electron chi connectivity index (χ4n) is 7.57. The van der Waals surface area contributed by atoms with Crippen molar-refractivity contribution < 1.29 is 18.6 Å². The molecule has 2 aromatic carbocycles. The second-order valence-corrected chi connectivity index (χ2v) is 12.3. The molecule has 7 rings (SSSR count). The van der Waals surface area contributed by atoms with E-state index in [1.54, 1.807) is 24.5 Å². The van der Waals surface area contributed by atoms with Gasteiger partial charge in [0.05, 0.1) is 10.9 Å². The molecule has 0 bridgehead atoms. The predicted octanol–water partition coefficient (Wildman–Crippen LogP) is 7.26. The summed E-state index contributed by atoms with van der Waals surface area (Å²) in [5.74, 6) is 0.729. The number of aryl methyl sites for hydroxylation is 1. The van der Waals surface area contributed by atoms with E-state index in [9.17, 15) is 0 Å². The fourth-order valence-corrected chi connectivity index (χ4v) is 7.57. The number of nitrogens with zero attached hydrogens (tertiary/aromatic N) is 3. The summed E-state index contributed by atoms with van der Waals surface area (Å²) in [5.41, 5.74) is 8.57. The van der Waals surface area contributed by atoms with Crippen molar-refractivity contribution in [2.75, 3.05) is 38.8 Å². The molecule has 3 aromatic rings. The summed E-state index contributed by atoms with van der Waals surface area (Å²) in [5, 5.41) is 5.09. The molecule has 3 fully saturated rings. The quantitative estimate of drug-likeness (QED) is 0.285. The van der Waals surface area contributed by atoms with Gasteiger partial charge in [0.25, 0.3) is 0 Å². The monoisotopic (exact) mass is 559 g/mol. The SMILES string of the molecule is COC(OC)C1CCN(c2ccc(C3=C(C4CC4)CCCc4c3ccc3c4c(F)nn3C3CCCCO3)cc2)CC1. The van der Waals surface area contributed by atoms with Crippen molar-refractivity contribution in [2.45, 2.75) is 76.7 Å². The highest BCUT2D eigenvalue weighted by Crippen LogP contribution is 2.48. The third kappa shape index (κ3) is 5.10. The Morgan fingerprint density at radius 1 is 0.902 bits per heavy atom. The number of fused-ring (bicyclic) bond motifs is 3. The van der Waals surface area contributed by atoms with Crippen molar-refractivity contribution in [3.05, 3.63) is 64.6 Å². The zero-order valence-corrected chi connectivity index (χ0v) is 24.4. The molecular formula is C34H42FN3O3. The number of piperidine rings is 1. The first-order valence-corrected chi connectivity index (χ1v) is 15.6. The van der Waals surface area contributed by atoms with E-state index in [4.69, 9.17) is 14.2 Å². The molecule has 2 saturated heterocycles. The van der Waals surface area contributed by atoms with E-state index < -0.39 is 0 Å². The Labute approximate surface area is 242 Å². The van der Waals surface area contributed by atoms with Gasteiger partial charge < -0.3 is 19.1 Å². The van der Waals surface area contributed by atoms with Gasteiger partial charge in [-0.15, -0.1) is 5.10 Å². The molecule has 4 aliphatic rings. The molecule has 218 valence electrons. The standard InChI is InChI=1S/C34H42FN3O3/c1-39-34(40-2)24-17-19-37(20-18-24)25-13-11-23(12-14-25)31-26(22-9-10-22)6-5-7-27-28(31)15-16-29-32(27)33(35)36-38(29)30-8-3-4-21-41-30/h11-16,22,24,30,34H,3-10,17-21H2,1-2H3. The zero-order chi connectivity index (χ0) is 27.9. The number of methoxy groups -OCH3 is 2. The molecule has 0 amide bonds. The third-order valence-corrected chi connectivity index (χ3v) is 9.81. The molecule has 0 radical (unpaired) electrons. The summed E-state index contributed by atoms with van der Waals surface area (Å²) < 4.78 is 34.5. The van der Waals surface area contributed by atoms with Gasteiger partial charge in [-0.2, -0.15) is 4.39 Å². The molecule has 3 heterocycles. The Bertz CT molecular complexity index is 1410. The van der Waals surface area contributed by atoms with Crippen molar-refractivity contribution in [1.29, 1.82) is 0 Å². The fraction of sp³-hybridized carbons (Fsp3) is 0.559. The zero-order valence-electron chi connectivity index (χ0n) is 24.4. The topological polar surface area (TPSA) is 48.8 Å². The van der Waals surface area contributed by atoms with Crippen LogP contribution >= 0.6 is 0 Å². The molecule has 41 heavy (non-hydrogen) atoms. The highest BCUT2D eigenvalue weighted by molar-refractivity contribution is 5.93. The van der Waals surface area contributed by atoms with Gasteiger partial charge in [0.1, 0.15) is 0 Å². The van der Waals surface area contributed by atoms with Gasteiger partial charge in [-0.1, -0.05) is 23.8 Å². The second-order valence-electron chi connectivity index (χ2n) is 12.3. The Morgan fingerprint density at radius 2 is 1.68 bits per heavy atom. The summed E-state index contributed by atoms with van der Waals surface area (Å²) in [6.45, 7) is 2.71. The van der Waals surface area contributed by atoms with Gasteiger partial charge in [0, 0.05) is 45.5 Å². The number of rotatable bonds is 7. The smallest absolute Gasteiger partial charge is 0.240 e. The minimum Gasteiger partial charge on any atom is -0.372 e. The van der Waals surface area contributed by atoms with Crippen LogP contribution in [0.5, 0.6) is 0 Å². The van der Waals surface area contributed by atoms with E-state index >= 15 is 4.39 Å². The predicted molar refractivity (Wildman–Crippen MR) is 159 cm³/mol. The van der Waals surface area contributed by atoms with E-state index in [1.165, 1.54) is 35.2 Å². The first kappa shape index (κ1) is 27.1. The average molecular weight is 560 g/mol. The Kier molecular flexibility index (Phi) is 7.61. The van der Waals surface area contributed by atoms with Crippen LogP contribution in [0.4, 0.5) is 10.1 Å². The first-order chi connectivity index (χ1) is 20.2. The van der Waals surface area contributed by atoms with Crippen LogP contribution in [0, 0.1) is 17.8 Å². The maximum atomic E-state index is 15.6. The van der Waals surface area contributed by atoms with Gasteiger partial charge in [0.15, 0.2) is 12.5 Å². The highest BCUT2D eigenvalue weighted by atomic mass is 19.1. The number of hydrogen-bond donors (Lipinski definition) is 0. The number of halogens is 1. The van der Waals surface area contributed by atoms with E-state index in [1.807, 2.05) is 0 Å². The minimum atomic E-state index is -0.358. The number of anilines is 1. The lowest BCUT2D eigenvalue weighted by atomic mass is 9.87. The van der Waals surface area contributed by atoms with Crippen molar-refractivity contribution in [3.63, 3.8) is 0 Å². The number of benzene rings is 2. The molecule has 0 N–H and O–H groups in total. The average Bonchev–Trinajstić information content (AvgIpc) is 3.83. The van der Waals surface area contributed by atoms with Crippen LogP contribution in [0.2, 0.25) is 0 Å². The molecular weight excluding hydrogens is 517 g/mol. The molecule has 2 aliphatic carbocycles. The van der Waals surface area contributed by atoms with Crippen LogP contribution in [0.25, 0.3) is 16.5 Å². The third-order valence-electron chi connectivity index (χ3n) is 9.81. The van der Waals surface area contributed by atoms with Crippen LogP contribution in [-0.2, 0) is 20.6 Å². The van der Waals surface area contributed by atoms with Crippen LogP contribution in [0.15, 0.2) is 42.0 Å². The van der Waals surface area contributed by atoms with Gasteiger partial charge in [-0.25, -0.2) is 4.68 Å². The lowest BCUT2D eigenvalue weighted by Gasteiger charge is -2.36. The molecule has 7 heteroatoms. The molecule has 1 unspecified atom stereocenters. The largest absolute Gasteiger partial charge is 0.372 e. The Hall–Kier alpha value is -2.74. The molecule has 6 nitrogen and oxygen atoms in total. The lowest BCUT2D eigenvalue weighted by Crippen LogP contribution is -2.39. The summed E-state index contributed by atoms with van der Waals surface area (Å²) in [7, 11) is 3.46. The maximum Gasteiger partial charge on any atom is 0.240 e. The van der Waals surface area contributed by atoms with E-state index in [2.05, 4.69) is 46.4 Å². The molecule has 1 atom stereocenters. The highest BCUT2D eigenvalue weighted by Gasteiger charge is 2.33. The lowest BCUT2D eigenvalue weighted by molar-refractivity contribution is -0.141. The van der Waals surface area contributed by atoms with Crippen molar-refractivity contribution in [1.82, 2.24) is 9.78 Å². The van der Waals surface area contributed by atoms with Gasteiger partial charge in [-0.3, -0.25) is 0 Å². The molecule has 2 aliphatic heterocycles. The molecule has 1 saturated carbocycles. The van der Waals surface area contributed by atoms with Crippen molar-refractivity contribution in [3.8, 4) is 0 Å². The maximum absolute atomic E-state index is 15.6. The summed E-state index contributed by atoms with van der Waals surface area (Å²) >= 11 is 0. The van der Waals surface area contributed by atoms with E-state index in [0.717, 1.165) is 75.5 Å². The van der Waals surface area contributed by atoms with E-state index in [-0.39, 0.29) is 18.5 Å². The van der Waals surface area contributed by atoms with Crippen LogP contribution < -0.4 is 4.90 Å². The van der Waals surface area contributed by atoms with Crippen molar-refractivity contribution >= 4 is 22.2 Å². The molecule has 1 aromatic heterocycles. The normalized spacial score (nSPS) is 22.4. The Balaban J connectivity index is 1.22. The number of hydrogen-bond acceptors (Lipinski definition) is 5. The number of allylic oxidation sites excluding steroid dienone is 1. The second kappa shape index (κ2) is 11.5. The van der Waals surface area contributed by atoms with Crippen LogP contribution in [0.1, 0.15) is 80.7 Å². The summed E-state index contributed by atoms with van der Waals surface area (Å²) in [6, 6.07) is 13.5. The first-order valence-electron chi connectivity index (χ1n) is 15.6. The van der Waals surface area contributed by atoms with Crippen LogP contribution in [-0.4, -0.2) is 50.0 Å². The Morgan fingerprint density at radius 3 is 2.37 bits per heavy atom.